The average molecular weight is 346 g/mol. The summed E-state index contributed by atoms with van der Waals surface area (Å²) in [6.07, 6.45) is 0.973. The molecule has 0 radical (unpaired) electrons. The zero-order chi connectivity index (χ0) is 14.4. The number of rotatable bonds is 1. The molecule has 2 N–H and O–H groups in total. The Hall–Kier alpha value is -1.88. The molecule has 5 heteroatoms. The van der Waals surface area contributed by atoms with Gasteiger partial charge in [-0.05, 0) is 40.0 Å². The van der Waals surface area contributed by atoms with E-state index >= 15 is 0 Å². The van der Waals surface area contributed by atoms with Gasteiger partial charge in [-0.3, -0.25) is 0 Å². The normalized spacial score (nSPS) is 17.5. The number of nitrogens with one attached hydrogen (secondary N) is 2. The largest absolute Gasteiger partial charge is 0.385 e. The molecule has 0 amide bonds. The van der Waals surface area contributed by atoms with Gasteiger partial charge < -0.3 is 10.3 Å². The zero-order valence-corrected chi connectivity index (χ0v) is 12.7. The molecule has 1 atom stereocenters. The zero-order valence-electron chi connectivity index (χ0n) is 11.2. The van der Waals surface area contributed by atoms with Crippen LogP contribution in [0.4, 0.5) is 10.1 Å². The lowest BCUT2D eigenvalue weighted by Gasteiger charge is -2.25. The standard InChI is InChI=1S/C16H13BrFN3/c17-11-7-14-15(8-12(11)18)21-16(20-14)10-5-6-19-13-4-2-1-3-9(10)13/h1-4,7-8,10,19H,5-6H2,(H,20,21). The van der Waals surface area contributed by atoms with E-state index in [9.17, 15) is 4.39 Å². The Bertz CT molecular complexity index is 789. The summed E-state index contributed by atoms with van der Waals surface area (Å²) in [5.41, 5.74) is 3.92. The Morgan fingerprint density at radius 2 is 2.10 bits per heavy atom. The van der Waals surface area contributed by atoms with Crippen LogP contribution < -0.4 is 5.32 Å². The van der Waals surface area contributed by atoms with Crippen LogP contribution in [0.5, 0.6) is 0 Å². The highest BCUT2D eigenvalue weighted by Gasteiger charge is 2.24. The van der Waals surface area contributed by atoms with Crippen LogP contribution in [0, 0.1) is 5.82 Å². The third kappa shape index (κ3) is 2.12. The highest BCUT2D eigenvalue weighted by Crippen LogP contribution is 2.36. The van der Waals surface area contributed by atoms with Gasteiger partial charge in [-0.25, -0.2) is 9.37 Å². The van der Waals surface area contributed by atoms with E-state index in [0.29, 0.717) is 4.47 Å². The van der Waals surface area contributed by atoms with Gasteiger partial charge in [0.2, 0.25) is 0 Å². The van der Waals surface area contributed by atoms with Gasteiger partial charge in [0.15, 0.2) is 0 Å². The monoisotopic (exact) mass is 345 g/mol. The molecule has 0 spiro atoms. The Morgan fingerprint density at radius 1 is 1.24 bits per heavy atom. The van der Waals surface area contributed by atoms with Crippen molar-refractivity contribution in [1.82, 2.24) is 9.97 Å². The number of fused-ring (bicyclic) bond motifs is 2. The van der Waals surface area contributed by atoms with Crippen molar-refractivity contribution in [2.45, 2.75) is 12.3 Å². The lowest BCUT2D eigenvalue weighted by atomic mass is 9.90. The third-order valence-corrected chi connectivity index (χ3v) is 4.56. The van der Waals surface area contributed by atoms with E-state index in [4.69, 9.17) is 0 Å². The van der Waals surface area contributed by atoms with Crippen molar-refractivity contribution in [3.8, 4) is 0 Å². The van der Waals surface area contributed by atoms with E-state index in [1.807, 2.05) is 12.1 Å². The van der Waals surface area contributed by atoms with Crippen LogP contribution >= 0.6 is 15.9 Å². The number of aromatic amines is 1. The number of hydrogen-bond donors (Lipinski definition) is 2. The molecule has 3 nitrogen and oxygen atoms in total. The van der Waals surface area contributed by atoms with Crippen molar-refractivity contribution in [1.29, 1.82) is 0 Å². The molecular formula is C16H13BrFN3. The molecule has 2 heterocycles. The number of hydrogen-bond acceptors (Lipinski definition) is 2. The minimum absolute atomic E-state index is 0.219. The molecule has 1 aliphatic heterocycles. The number of anilines is 1. The van der Waals surface area contributed by atoms with Gasteiger partial charge in [0, 0.05) is 24.2 Å². The minimum atomic E-state index is -0.275. The van der Waals surface area contributed by atoms with E-state index in [1.165, 1.54) is 11.6 Å². The molecule has 0 bridgehead atoms. The first-order valence-corrected chi connectivity index (χ1v) is 7.69. The van der Waals surface area contributed by atoms with E-state index in [1.54, 1.807) is 6.07 Å². The average Bonchev–Trinajstić information content (AvgIpc) is 2.90. The Balaban J connectivity index is 1.84. The Kier molecular flexibility index (Phi) is 2.96. The number of nitrogens with zero attached hydrogens (tertiary/aromatic N) is 1. The lowest BCUT2D eigenvalue weighted by Crippen LogP contribution is -2.18. The SMILES string of the molecule is Fc1cc2[nH]c(C3CCNc4ccccc43)nc2cc1Br. The smallest absolute Gasteiger partial charge is 0.139 e. The maximum absolute atomic E-state index is 13.6. The fraction of sp³-hybridized carbons (Fsp3) is 0.188. The molecule has 3 aromatic rings. The number of halogens is 2. The predicted molar refractivity (Wildman–Crippen MR) is 85.1 cm³/mol. The summed E-state index contributed by atoms with van der Waals surface area (Å²) in [4.78, 5) is 7.93. The predicted octanol–water partition coefficient (Wildman–Crippen LogP) is 4.41. The van der Waals surface area contributed by atoms with Crippen molar-refractivity contribution in [3.05, 3.63) is 58.1 Å². The summed E-state index contributed by atoms with van der Waals surface area (Å²) < 4.78 is 14.1. The van der Waals surface area contributed by atoms with Crippen molar-refractivity contribution < 1.29 is 4.39 Å². The second-order valence-corrected chi connectivity index (χ2v) is 6.12. The number of para-hydroxylation sites is 1. The van der Waals surface area contributed by atoms with Gasteiger partial charge in [-0.2, -0.15) is 0 Å². The van der Waals surface area contributed by atoms with E-state index in [0.717, 1.165) is 35.5 Å². The molecule has 2 aromatic carbocycles. The van der Waals surface area contributed by atoms with Crippen LogP contribution in [0.25, 0.3) is 11.0 Å². The number of benzene rings is 2. The summed E-state index contributed by atoms with van der Waals surface area (Å²) in [6, 6.07) is 11.5. The van der Waals surface area contributed by atoms with Crippen LogP contribution in [-0.4, -0.2) is 16.5 Å². The van der Waals surface area contributed by atoms with Gasteiger partial charge in [0.25, 0.3) is 0 Å². The molecule has 0 saturated heterocycles. The van der Waals surface area contributed by atoms with Gasteiger partial charge in [0.05, 0.1) is 15.5 Å². The summed E-state index contributed by atoms with van der Waals surface area (Å²) in [5, 5.41) is 3.41. The van der Waals surface area contributed by atoms with Crippen molar-refractivity contribution in [2.75, 3.05) is 11.9 Å². The maximum Gasteiger partial charge on any atom is 0.139 e. The number of imidazole rings is 1. The molecule has 4 rings (SSSR count). The first kappa shape index (κ1) is 12.8. The summed E-state index contributed by atoms with van der Waals surface area (Å²) >= 11 is 3.21. The highest BCUT2D eigenvalue weighted by molar-refractivity contribution is 9.10. The van der Waals surface area contributed by atoms with Crippen molar-refractivity contribution in [2.24, 2.45) is 0 Å². The van der Waals surface area contributed by atoms with E-state index in [-0.39, 0.29) is 11.7 Å². The molecule has 21 heavy (non-hydrogen) atoms. The first-order chi connectivity index (χ1) is 10.2. The second kappa shape index (κ2) is 4.84. The van der Waals surface area contributed by atoms with Crippen molar-refractivity contribution in [3.63, 3.8) is 0 Å². The number of H-pyrrole nitrogens is 1. The summed E-state index contributed by atoms with van der Waals surface area (Å²) in [7, 11) is 0. The van der Waals surface area contributed by atoms with E-state index in [2.05, 4.69) is 43.3 Å². The third-order valence-electron chi connectivity index (χ3n) is 3.96. The molecule has 106 valence electrons. The maximum atomic E-state index is 13.6. The van der Waals surface area contributed by atoms with Crippen LogP contribution in [-0.2, 0) is 0 Å². The lowest BCUT2D eigenvalue weighted by molar-refractivity contribution is 0.623. The molecule has 0 fully saturated rings. The second-order valence-electron chi connectivity index (χ2n) is 5.26. The fourth-order valence-electron chi connectivity index (χ4n) is 2.94. The van der Waals surface area contributed by atoms with E-state index < -0.39 is 0 Å². The van der Waals surface area contributed by atoms with Crippen LogP contribution in [0.1, 0.15) is 23.7 Å². The fourth-order valence-corrected chi connectivity index (χ4v) is 3.27. The van der Waals surface area contributed by atoms with Gasteiger partial charge >= 0.3 is 0 Å². The minimum Gasteiger partial charge on any atom is -0.385 e. The molecule has 1 unspecified atom stereocenters. The van der Waals surface area contributed by atoms with Crippen LogP contribution in [0.3, 0.4) is 0 Å². The van der Waals surface area contributed by atoms with Gasteiger partial charge in [-0.1, -0.05) is 18.2 Å². The highest BCUT2D eigenvalue weighted by atomic mass is 79.9. The first-order valence-electron chi connectivity index (χ1n) is 6.90. The quantitative estimate of drug-likeness (QED) is 0.685. The topological polar surface area (TPSA) is 40.7 Å². The molecule has 1 aliphatic rings. The summed E-state index contributed by atoms with van der Waals surface area (Å²) in [6.45, 7) is 0.913. The Morgan fingerprint density at radius 3 is 3.00 bits per heavy atom. The van der Waals surface area contributed by atoms with Crippen molar-refractivity contribution >= 4 is 32.7 Å². The molecular weight excluding hydrogens is 333 g/mol. The molecule has 1 aromatic heterocycles. The number of aromatic nitrogens is 2. The molecule has 0 saturated carbocycles. The Labute approximate surface area is 129 Å². The van der Waals surface area contributed by atoms with Gasteiger partial charge in [-0.15, -0.1) is 0 Å². The summed E-state index contributed by atoms with van der Waals surface area (Å²) in [5.74, 6) is 0.844. The van der Waals surface area contributed by atoms with Gasteiger partial charge in [0.1, 0.15) is 11.6 Å². The van der Waals surface area contributed by atoms with Crippen LogP contribution in [0.15, 0.2) is 40.9 Å². The van der Waals surface area contributed by atoms with Crippen LogP contribution in [0.2, 0.25) is 0 Å². The molecule has 0 aliphatic carbocycles.